The van der Waals surface area contributed by atoms with Crippen molar-refractivity contribution in [2.75, 3.05) is 38.6 Å². The Hall–Kier alpha value is -2.47. The quantitative estimate of drug-likeness (QED) is 0.937. The molecule has 1 amide bonds. The Bertz CT molecular complexity index is 734. The number of nitrogens with one attached hydrogen (secondary N) is 1. The highest BCUT2D eigenvalue weighted by molar-refractivity contribution is 5.95. The summed E-state index contributed by atoms with van der Waals surface area (Å²) in [4.78, 5) is 20.9. The highest BCUT2D eigenvalue weighted by Gasteiger charge is 2.29. The van der Waals surface area contributed by atoms with Gasteiger partial charge in [0.2, 0.25) is 0 Å². The van der Waals surface area contributed by atoms with Gasteiger partial charge >= 0.3 is 0 Å². The van der Waals surface area contributed by atoms with Crippen molar-refractivity contribution >= 4 is 11.7 Å². The number of carbonyl (C=O) groups excluding carboxylic acids is 1. The number of hydrogen-bond donors (Lipinski definition) is 1. The van der Waals surface area contributed by atoms with Gasteiger partial charge in [-0.05, 0) is 29.8 Å². The summed E-state index contributed by atoms with van der Waals surface area (Å²) in [5, 5.41) is 3.28. The van der Waals surface area contributed by atoms with Crippen molar-refractivity contribution in [3.63, 3.8) is 0 Å². The van der Waals surface area contributed by atoms with E-state index < -0.39 is 0 Å². The number of amides is 1. The van der Waals surface area contributed by atoms with Gasteiger partial charge in [0.1, 0.15) is 11.6 Å². The Kier molecular flexibility index (Phi) is 4.76. The molecule has 0 aliphatic carbocycles. The second kappa shape index (κ2) is 6.97. The Morgan fingerprint density at radius 1 is 1.33 bits per heavy atom. The Balaban J connectivity index is 1.90. The summed E-state index contributed by atoms with van der Waals surface area (Å²) in [6, 6.07) is 9.77. The van der Waals surface area contributed by atoms with E-state index in [9.17, 15) is 9.18 Å². The molecule has 5 nitrogen and oxygen atoms in total. The number of anilines is 1. The first-order chi connectivity index (χ1) is 11.6. The largest absolute Gasteiger partial charge is 0.363 e. The lowest BCUT2D eigenvalue weighted by Crippen LogP contribution is -2.48. The molecule has 0 bridgehead atoms. The molecule has 24 heavy (non-hydrogen) atoms. The number of hydrogen-bond acceptors (Lipinski definition) is 4. The van der Waals surface area contributed by atoms with Crippen LogP contribution in [-0.2, 0) is 0 Å². The lowest BCUT2D eigenvalue weighted by Gasteiger charge is -2.36. The Labute approximate surface area is 141 Å². The van der Waals surface area contributed by atoms with E-state index in [0.717, 1.165) is 17.9 Å². The SMILES string of the molecule is CN(C)c1cc(C(=O)N2CCNCC2c2cccc(F)c2)ccn1. The maximum atomic E-state index is 13.6. The van der Waals surface area contributed by atoms with Gasteiger partial charge < -0.3 is 15.1 Å². The van der Waals surface area contributed by atoms with Crippen molar-refractivity contribution in [3.8, 4) is 0 Å². The fourth-order valence-electron chi connectivity index (χ4n) is 2.92. The van der Waals surface area contributed by atoms with Gasteiger partial charge in [0.15, 0.2) is 0 Å². The first-order valence-electron chi connectivity index (χ1n) is 7.97. The first kappa shape index (κ1) is 16.4. The summed E-state index contributed by atoms with van der Waals surface area (Å²) in [6.45, 7) is 1.92. The summed E-state index contributed by atoms with van der Waals surface area (Å²) in [5.41, 5.74) is 1.40. The summed E-state index contributed by atoms with van der Waals surface area (Å²) < 4.78 is 13.6. The lowest BCUT2D eigenvalue weighted by molar-refractivity contribution is 0.0634. The highest BCUT2D eigenvalue weighted by atomic mass is 19.1. The molecule has 1 atom stereocenters. The van der Waals surface area contributed by atoms with Crippen LogP contribution in [0.4, 0.5) is 10.2 Å². The average molecular weight is 328 g/mol. The molecule has 1 aliphatic rings. The zero-order valence-corrected chi connectivity index (χ0v) is 13.9. The number of nitrogens with zero attached hydrogens (tertiary/aromatic N) is 3. The molecular formula is C18H21FN4O. The van der Waals surface area contributed by atoms with Crippen LogP contribution in [0.1, 0.15) is 22.0 Å². The minimum atomic E-state index is -0.288. The van der Waals surface area contributed by atoms with E-state index in [2.05, 4.69) is 10.3 Å². The van der Waals surface area contributed by atoms with E-state index >= 15 is 0 Å². The Morgan fingerprint density at radius 3 is 2.92 bits per heavy atom. The van der Waals surface area contributed by atoms with Crippen LogP contribution < -0.4 is 10.2 Å². The number of aromatic nitrogens is 1. The monoisotopic (exact) mass is 328 g/mol. The van der Waals surface area contributed by atoms with Crippen LogP contribution in [0.3, 0.4) is 0 Å². The molecule has 6 heteroatoms. The van der Waals surface area contributed by atoms with E-state index in [4.69, 9.17) is 0 Å². The molecule has 2 aromatic rings. The summed E-state index contributed by atoms with van der Waals surface area (Å²) in [5.74, 6) is 0.388. The van der Waals surface area contributed by atoms with Crippen LogP contribution in [0, 0.1) is 5.82 Å². The molecule has 0 saturated carbocycles. The number of halogens is 1. The first-order valence-corrected chi connectivity index (χ1v) is 7.97. The van der Waals surface area contributed by atoms with E-state index in [1.807, 2.05) is 25.1 Å². The molecule has 1 aromatic heterocycles. The highest BCUT2D eigenvalue weighted by Crippen LogP contribution is 2.25. The third-order valence-electron chi connectivity index (χ3n) is 4.19. The molecule has 1 fully saturated rings. The standard InChI is InChI=1S/C18H21FN4O/c1-22(2)17-11-14(6-7-21-17)18(24)23-9-8-20-12-16(23)13-4-3-5-15(19)10-13/h3-7,10-11,16,20H,8-9,12H2,1-2H3. The minimum Gasteiger partial charge on any atom is -0.363 e. The third-order valence-corrected chi connectivity index (χ3v) is 4.19. The van der Waals surface area contributed by atoms with E-state index in [-0.39, 0.29) is 17.8 Å². The molecule has 3 rings (SSSR count). The molecule has 0 spiro atoms. The van der Waals surface area contributed by atoms with Gasteiger partial charge in [0.25, 0.3) is 5.91 Å². The average Bonchev–Trinajstić information content (AvgIpc) is 2.61. The van der Waals surface area contributed by atoms with Crippen LogP contribution in [0.5, 0.6) is 0 Å². The molecule has 1 aromatic carbocycles. The third kappa shape index (κ3) is 3.38. The lowest BCUT2D eigenvalue weighted by atomic mass is 10.0. The summed E-state index contributed by atoms with van der Waals surface area (Å²) in [7, 11) is 3.77. The fourth-order valence-corrected chi connectivity index (χ4v) is 2.92. The van der Waals surface area contributed by atoms with Crippen LogP contribution in [-0.4, -0.2) is 49.5 Å². The molecule has 1 saturated heterocycles. The minimum absolute atomic E-state index is 0.0590. The smallest absolute Gasteiger partial charge is 0.254 e. The van der Waals surface area contributed by atoms with Gasteiger partial charge in [0.05, 0.1) is 6.04 Å². The topological polar surface area (TPSA) is 48.5 Å². The molecule has 1 aliphatic heterocycles. The molecular weight excluding hydrogens is 307 g/mol. The maximum Gasteiger partial charge on any atom is 0.254 e. The van der Waals surface area contributed by atoms with E-state index in [1.165, 1.54) is 12.1 Å². The summed E-state index contributed by atoms with van der Waals surface area (Å²) in [6.07, 6.45) is 1.64. The van der Waals surface area contributed by atoms with E-state index in [0.29, 0.717) is 18.7 Å². The normalized spacial score (nSPS) is 17.6. The number of carbonyl (C=O) groups is 1. The number of rotatable bonds is 3. The van der Waals surface area contributed by atoms with Crippen molar-refractivity contribution in [2.45, 2.75) is 6.04 Å². The zero-order chi connectivity index (χ0) is 17.1. The molecule has 126 valence electrons. The van der Waals surface area contributed by atoms with Crippen molar-refractivity contribution < 1.29 is 9.18 Å². The maximum absolute atomic E-state index is 13.6. The van der Waals surface area contributed by atoms with Crippen LogP contribution in [0.15, 0.2) is 42.6 Å². The van der Waals surface area contributed by atoms with Gasteiger partial charge in [-0.2, -0.15) is 0 Å². The summed E-state index contributed by atoms with van der Waals surface area (Å²) >= 11 is 0. The van der Waals surface area contributed by atoms with Gasteiger partial charge in [-0.25, -0.2) is 9.37 Å². The van der Waals surface area contributed by atoms with Gasteiger partial charge in [-0.3, -0.25) is 4.79 Å². The molecule has 1 unspecified atom stereocenters. The fraction of sp³-hybridized carbons (Fsp3) is 0.333. The van der Waals surface area contributed by atoms with Crippen LogP contribution >= 0.6 is 0 Å². The second-order valence-corrected chi connectivity index (χ2v) is 6.07. The predicted molar refractivity (Wildman–Crippen MR) is 91.6 cm³/mol. The van der Waals surface area contributed by atoms with Gasteiger partial charge in [-0.15, -0.1) is 0 Å². The van der Waals surface area contributed by atoms with Crippen LogP contribution in [0.2, 0.25) is 0 Å². The molecule has 1 N–H and O–H groups in total. The van der Waals surface area contributed by atoms with E-state index in [1.54, 1.807) is 29.3 Å². The van der Waals surface area contributed by atoms with Crippen molar-refractivity contribution in [1.82, 2.24) is 15.2 Å². The number of benzene rings is 1. The number of piperazine rings is 1. The zero-order valence-electron chi connectivity index (χ0n) is 13.9. The van der Waals surface area contributed by atoms with Gasteiger partial charge in [-0.1, -0.05) is 12.1 Å². The van der Waals surface area contributed by atoms with Gasteiger partial charge in [0, 0.05) is 45.5 Å². The molecule has 2 heterocycles. The van der Waals surface area contributed by atoms with Crippen molar-refractivity contribution in [1.29, 1.82) is 0 Å². The van der Waals surface area contributed by atoms with Crippen LogP contribution in [0.25, 0.3) is 0 Å². The van der Waals surface area contributed by atoms with Crippen molar-refractivity contribution in [3.05, 3.63) is 59.5 Å². The predicted octanol–water partition coefficient (Wildman–Crippen LogP) is 2.07. The molecule has 0 radical (unpaired) electrons. The number of pyridine rings is 1. The van der Waals surface area contributed by atoms with Crippen molar-refractivity contribution in [2.24, 2.45) is 0 Å². The Morgan fingerprint density at radius 2 is 2.17 bits per heavy atom. The second-order valence-electron chi connectivity index (χ2n) is 6.07.